The highest BCUT2D eigenvalue weighted by molar-refractivity contribution is 9.10. The van der Waals surface area contributed by atoms with E-state index in [4.69, 9.17) is 4.74 Å². The molecule has 0 aliphatic carbocycles. The largest absolute Gasteiger partial charge is 0.480 e. The monoisotopic (exact) mass is 412 g/mol. The van der Waals surface area contributed by atoms with Crippen LogP contribution in [0.5, 0.6) is 0 Å². The highest BCUT2D eigenvalue weighted by Crippen LogP contribution is 2.27. The van der Waals surface area contributed by atoms with Gasteiger partial charge in [0.2, 0.25) is 0 Å². The van der Waals surface area contributed by atoms with Gasteiger partial charge in [0, 0.05) is 35.4 Å². The SMILES string of the molecule is CC(C)(C)OC(=O)N1CCN(c2cc(Br)ccc2C=O)C[C@H]1C(=O)O. The molecule has 0 radical (unpaired) electrons. The Kier molecular flexibility index (Phi) is 5.72. The van der Waals surface area contributed by atoms with E-state index in [0.717, 1.165) is 10.8 Å². The number of anilines is 1. The summed E-state index contributed by atoms with van der Waals surface area (Å²) in [7, 11) is 0. The van der Waals surface area contributed by atoms with Crippen molar-refractivity contribution in [3.05, 3.63) is 28.2 Å². The quantitative estimate of drug-likeness (QED) is 0.767. The number of aliphatic carboxylic acids is 1. The van der Waals surface area contributed by atoms with E-state index < -0.39 is 23.7 Å². The number of nitrogens with zero attached hydrogens (tertiary/aromatic N) is 2. The van der Waals surface area contributed by atoms with E-state index in [1.165, 1.54) is 4.90 Å². The first-order chi connectivity index (χ1) is 11.6. The molecule has 2 rings (SSSR count). The maximum atomic E-state index is 12.3. The molecule has 1 amide bonds. The summed E-state index contributed by atoms with van der Waals surface area (Å²) in [4.78, 5) is 38.3. The van der Waals surface area contributed by atoms with Crippen LogP contribution in [0.1, 0.15) is 31.1 Å². The first-order valence-corrected chi connectivity index (χ1v) is 8.64. The number of piperazine rings is 1. The number of carboxylic acids is 1. The molecular formula is C17H21BrN2O5. The number of carboxylic acid groups (broad SMARTS) is 1. The van der Waals surface area contributed by atoms with Crippen LogP contribution in [-0.4, -0.2) is 59.6 Å². The van der Waals surface area contributed by atoms with Gasteiger partial charge in [-0.25, -0.2) is 9.59 Å². The van der Waals surface area contributed by atoms with Gasteiger partial charge in [-0.05, 0) is 39.0 Å². The van der Waals surface area contributed by atoms with Crippen molar-refractivity contribution in [2.75, 3.05) is 24.5 Å². The van der Waals surface area contributed by atoms with E-state index in [1.807, 2.05) is 0 Å². The molecule has 0 aromatic heterocycles. The molecule has 0 unspecified atom stereocenters. The molecule has 0 saturated carbocycles. The number of benzene rings is 1. The number of aldehydes is 1. The second-order valence-corrected chi connectivity index (χ2v) is 7.71. The number of carbonyl (C=O) groups excluding carboxylic acids is 2. The zero-order chi connectivity index (χ0) is 18.8. The second kappa shape index (κ2) is 7.43. The third kappa shape index (κ3) is 4.72. The van der Waals surface area contributed by atoms with Crippen molar-refractivity contribution in [2.24, 2.45) is 0 Å². The van der Waals surface area contributed by atoms with Crippen LogP contribution in [0.4, 0.5) is 10.5 Å². The molecule has 1 heterocycles. The standard InChI is InChI=1S/C17H21BrN2O5/c1-17(2,3)25-16(24)20-7-6-19(9-14(20)15(22)23)13-8-12(18)5-4-11(13)10-21/h4-5,8,10,14H,6-7,9H2,1-3H3,(H,22,23)/t14-/m0/s1. The number of ether oxygens (including phenoxy) is 1. The van der Waals surface area contributed by atoms with Gasteiger partial charge in [-0.1, -0.05) is 15.9 Å². The van der Waals surface area contributed by atoms with Crippen LogP contribution < -0.4 is 4.90 Å². The van der Waals surface area contributed by atoms with Gasteiger partial charge in [0.15, 0.2) is 6.29 Å². The Labute approximate surface area is 154 Å². The molecule has 25 heavy (non-hydrogen) atoms. The maximum Gasteiger partial charge on any atom is 0.411 e. The molecule has 0 bridgehead atoms. The summed E-state index contributed by atoms with van der Waals surface area (Å²) in [6.07, 6.45) is 0.0852. The minimum absolute atomic E-state index is 0.0753. The van der Waals surface area contributed by atoms with Gasteiger partial charge in [0.25, 0.3) is 0 Å². The van der Waals surface area contributed by atoms with Crippen LogP contribution in [0.15, 0.2) is 22.7 Å². The first-order valence-electron chi connectivity index (χ1n) is 7.84. The third-order valence-corrected chi connectivity index (χ3v) is 4.25. The lowest BCUT2D eigenvalue weighted by molar-refractivity contribution is -0.143. The number of amides is 1. The van der Waals surface area contributed by atoms with E-state index >= 15 is 0 Å². The summed E-state index contributed by atoms with van der Waals surface area (Å²) < 4.78 is 6.09. The zero-order valence-electron chi connectivity index (χ0n) is 14.4. The predicted octanol–water partition coefficient (Wildman–Crippen LogP) is 2.77. The summed E-state index contributed by atoms with van der Waals surface area (Å²) in [5, 5.41) is 9.55. The molecule has 136 valence electrons. The summed E-state index contributed by atoms with van der Waals surface area (Å²) in [6.45, 7) is 5.86. The van der Waals surface area contributed by atoms with Crippen molar-refractivity contribution >= 4 is 40.0 Å². The van der Waals surface area contributed by atoms with E-state index in [0.29, 0.717) is 17.8 Å². The van der Waals surface area contributed by atoms with Crippen molar-refractivity contribution in [1.82, 2.24) is 4.90 Å². The topological polar surface area (TPSA) is 87.2 Å². The van der Waals surface area contributed by atoms with Gasteiger partial charge in [-0.15, -0.1) is 0 Å². The highest BCUT2D eigenvalue weighted by atomic mass is 79.9. The van der Waals surface area contributed by atoms with Gasteiger partial charge in [0.05, 0.1) is 0 Å². The molecule has 1 N–H and O–H groups in total. The fraction of sp³-hybridized carbons (Fsp3) is 0.471. The molecule has 1 aromatic carbocycles. The smallest absolute Gasteiger partial charge is 0.411 e. The van der Waals surface area contributed by atoms with E-state index in [-0.39, 0.29) is 13.1 Å². The molecule has 1 saturated heterocycles. The average molecular weight is 413 g/mol. The number of hydrogen-bond acceptors (Lipinski definition) is 5. The molecule has 7 nitrogen and oxygen atoms in total. The normalized spacial score (nSPS) is 18.0. The number of carbonyl (C=O) groups is 3. The van der Waals surface area contributed by atoms with E-state index in [9.17, 15) is 19.5 Å². The Bertz CT molecular complexity index is 686. The Morgan fingerprint density at radius 1 is 1.32 bits per heavy atom. The fourth-order valence-corrected chi connectivity index (χ4v) is 2.99. The lowest BCUT2D eigenvalue weighted by Crippen LogP contribution is -2.59. The molecule has 1 fully saturated rings. The lowest BCUT2D eigenvalue weighted by atomic mass is 10.1. The predicted molar refractivity (Wildman–Crippen MR) is 96.1 cm³/mol. The Balaban J connectivity index is 2.24. The van der Waals surface area contributed by atoms with Gasteiger partial charge in [0.1, 0.15) is 11.6 Å². The molecule has 1 aliphatic heterocycles. The van der Waals surface area contributed by atoms with Gasteiger partial charge in [-0.3, -0.25) is 9.69 Å². The van der Waals surface area contributed by atoms with Crippen LogP contribution >= 0.6 is 15.9 Å². The Morgan fingerprint density at radius 3 is 2.56 bits per heavy atom. The summed E-state index contributed by atoms with van der Waals surface area (Å²) in [5.74, 6) is -1.11. The Hall–Kier alpha value is -2.09. The molecule has 1 aromatic rings. The number of halogens is 1. The number of rotatable bonds is 3. The van der Waals surface area contributed by atoms with Crippen LogP contribution in [0.25, 0.3) is 0 Å². The molecule has 1 atom stereocenters. The minimum Gasteiger partial charge on any atom is -0.480 e. The van der Waals surface area contributed by atoms with Crippen molar-refractivity contribution in [3.63, 3.8) is 0 Å². The number of hydrogen-bond donors (Lipinski definition) is 1. The maximum absolute atomic E-state index is 12.3. The van der Waals surface area contributed by atoms with E-state index in [2.05, 4.69) is 15.9 Å². The van der Waals surface area contributed by atoms with Crippen LogP contribution in [0.2, 0.25) is 0 Å². The Morgan fingerprint density at radius 2 is 2.00 bits per heavy atom. The first kappa shape index (κ1) is 19.2. The van der Waals surface area contributed by atoms with Crippen molar-refractivity contribution in [3.8, 4) is 0 Å². The van der Waals surface area contributed by atoms with Crippen molar-refractivity contribution in [2.45, 2.75) is 32.4 Å². The molecule has 8 heteroatoms. The third-order valence-electron chi connectivity index (χ3n) is 3.75. The van der Waals surface area contributed by atoms with Crippen molar-refractivity contribution < 1.29 is 24.2 Å². The molecular weight excluding hydrogens is 392 g/mol. The summed E-state index contributed by atoms with van der Waals surface area (Å²) in [6, 6.07) is 4.13. The molecule has 0 spiro atoms. The van der Waals surface area contributed by atoms with Crippen molar-refractivity contribution in [1.29, 1.82) is 0 Å². The van der Waals surface area contributed by atoms with Gasteiger partial charge in [-0.2, -0.15) is 0 Å². The summed E-state index contributed by atoms with van der Waals surface area (Å²) >= 11 is 3.36. The van der Waals surface area contributed by atoms with Crippen LogP contribution in [-0.2, 0) is 9.53 Å². The zero-order valence-corrected chi connectivity index (χ0v) is 15.9. The second-order valence-electron chi connectivity index (χ2n) is 6.79. The summed E-state index contributed by atoms with van der Waals surface area (Å²) in [5.41, 5.74) is 0.407. The van der Waals surface area contributed by atoms with Gasteiger partial charge < -0.3 is 14.7 Å². The van der Waals surface area contributed by atoms with E-state index in [1.54, 1.807) is 43.9 Å². The minimum atomic E-state index is -1.11. The lowest BCUT2D eigenvalue weighted by Gasteiger charge is -2.41. The van der Waals surface area contributed by atoms with Crippen LogP contribution in [0, 0.1) is 0 Å². The molecule has 1 aliphatic rings. The average Bonchev–Trinajstić information content (AvgIpc) is 2.52. The van der Waals surface area contributed by atoms with Gasteiger partial charge >= 0.3 is 12.1 Å². The highest BCUT2D eigenvalue weighted by Gasteiger charge is 2.38. The van der Waals surface area contributed by atoms with Crippen LogP contribution in [0.3, 0.4) is 0 Å². The fourth-order valence-electron chi connectivity index (χ4n) is 2.64.